The van der Waals surface area contributed by atoms with Crippen LogP contribution in [0.3, 0.4) is 0 Å². The zero-order chi connectivity index (χ0) is 25.5. The van der Waals surface area contributed by atoms with E-state index in [4.69, 9.17) is 4.74 Å². The van der Waals surface area contributed by atoms with Gasteiger partial charge in [0, 0.05) is 32.6 Å². The number of carboxylic acid groups (broad SMARTS) is 1. The highest BCUT2D eigenvalue weighted by molar-refractivity contribution is 7.88. The van der Waals surface area contributed by atoms with Gasteiger partial charge in [0.2, 0.25) is 15.9 Å². The third-order valence-corrected chi connectivity index (χ3v) is 6.88. The Morgan fingerprint density at radius 3 is 2.29 bits per heavy atom. The third-order valence-electron chi connectivity index (χ3n) is 5.52. The monoisotopic (exact) mass is 497 g/mol. The van der Waals surface area contributed by atoms with Crippen LogP contribution in [-0.2, 0) is 30.1 Å². The Bertz CT molecular complexity index is 953. The molecule has 2 rings (SSSR count). The summed E-state index contributed by atoms with van der Waals surface area (Å²) in [6.07, 6.45) is 0.491. The molecule has 1 saturated heterocycles. The van der Waals surface area contributed by atoms with Gasteiger partial charge in [-0.25, -0.2) is 17.9 Å². The van der Waals surface area contributed by atoms with Crippen molar-refractivity contribution in [3.05, 3.63) is 35.9 Å². The zero-order valence-electron chi connectivity index (χ0n) is 20.2. The molecule has 10 nitrogen and oxygen atoms in total. The van der Waals surface area contributed by atoms with Crippen LogP contribution in [0.4, 0.5) is 4.79 Å². The van der Waals surface area contributed by atoms with E-state index in [0.717, 1.165) is 0 Å². The first-order valence-corrected chi connectivity index (χ1v) is 12.9. The smallest absolute Gasteiger partial charge is 0.410 e. The number of carboxylic acids is 1. The number of hydrogen-bond donors (Lipinski definition) is 2. The number of carbonyl (C=O) groups is 3. The lowest BCUT2D eigenvalue weighted by Crippen LogP contribution is -2.48. The molecule has 1 aliphatic rings. The highest BCUT2D eigenvalue weighted by Gasteiger charge is 2.31. The van der Waals surface area contributed by atoms with Crippen LogP contribution in [-0.4, -0.2) is 79.1 Å². The SMILES string of the molecule is CN(C(=O)CC[C@@H](NS(=O)(=O)Cc1ccccc1)C(=O)O)C1CCN(C(=O)OC(C)(C)C)CC1. The number of nitrogens with one attached hydrogen (secondary N) is 1. The van der Waals surface area contributed by atoms with E-state index in [0.29, 0.717) is 31.5 Å². The van der Waals surface area contributed by atoms with E-state index >= 15 is 0 Å². The van der Waals surface area contributed by atoms with E-state index in [1.807, 2.05) is 0 Å². The summed E-state index contributed by atoms with van der Waals surface area (Å²) >= 11 is 0. The molecule has 0 aliphatic carbocycles. The number of carbonyl (C=O) groups excluding carboxylic acids is 2. The number of hydrogen-bond acceptors (Lipinski definition) is 6. The maximum Gasteiger partial charge on any atom is 0.410 e. The molecule has 34 heavy (non-hydrogen) atoms. The van der Waals surface area contributed by atoms with Crippen molar-refractivity contribution < 1.29 is 32.6 Å². The second-order valence-electron chi connectivity index (χ2n) is 9.50. The topological polar surface area (TPSA) is 133 Å². The first kappa shape index (κ1) is 27.6. The van der Waals surface area contributed by atoms with Crippen LogP contribution in [0.5, 0.6) is 0 Å². The number of ether oxygens (including phenoxy) is 1. The number of amides is 2. The molecule has 1 aromatic carbocycles. The molecule has 1 atom stereocenters. The summed E-state index contributed by atoms with van der Waals surface area (Å²) in [5.41, 5.74) is -0.0445. The number of sulfonamides is 1. The molecule has 0 bridgehead atoms. The van der Waals surface area contributed by atoms with E-state index in [9.17, 15) is 27.9 Å². The normalized spacial score (nSPS) is 16.1. The quantitative estimate of drug-likeness (QED) is 0.534. The van der Waals surface area contributed by atoms with Gasteiger partial charge in [0.15, 0.2) is 0 Å². The lowest BCUT2D eigenvalue weighted by Gasteiger charge is -2.37. The Morgan fingerprint density at radius 1 is 1.18 bits per heavy atom. The Labute approximate surface area is 201 Å². The molecule has 0 spiro atoms. The van der Waals surface area contributed by atoms with E-state index in [1.54, 1.807) is 68.0 Å². The highest BCUT2D eigenvalue weighted by atomic mass is 32.2. The van der Waals surface area contributed by atoms with Crippen molar-refractivity contribution in [1.29, 1.82) is 0 Å². The van der Waals surface area contributed by atoms with Crippen LogP contribution in [0.2, 0.25) is 0 Å². The van der Waals surface area contributed by atoms with Crippen molar-refractivity contribution in [2.24, 2.45) is 0 Å². The molecule has 2 N–H and O–H groups in total. The number of piperidine rings is 1. The first-order valence-electron chi connectivity index (χ1n) is 11.3. The predicted octanol–water partition coefficient (Wildman–Crippen LogP) is 2.20. The van der Waals surface area contributed by atoms with Crippen molar-refractivity contribution in [2.75, 3.05) is 20.1 Å². The van der Waals surface area contributed by atoms with E-state index in [1.165, 1.54) is 0 Å². The number of likely N-dealkylation sites (tertiary alicyclic amines) is 1. The minimum absolute atomic E-state index is 0.0933. The second kappa shape index (κ2) is 11.7. The van der Waals surface area contributed by atoms with Gasteiger partial charge in [-0.2, -0.15) is 0 Å². The van der Waals surface area contributed by atoms with Gasteiger partial charge in [-0.15, -0.1) is 0 Å². The van der Waals surface area contributed by atoms with Crippen molar-refractivity contribution >= 4 is 28.0 Å². The van der Waals surface area contributed by atoms with Gasteiger partial charge in [-0.05, 0) is 45.6 Å². The summed E-state index contributed by atoms with van der Waals surface area (Å²) in [4.78, 5) is 39.7. The minimum Gasteiger partial charge on any atom is -0.480 e. The summed E-state index contributed by atoms with van der Waals surface area (Å²) in [5, 5.41) is 9.46. The molecule has 1 aliphatic heterocycles. The number of aliphatic carboxylic acids is 1. The maximum absolute atomic E-state index is 12.7. The van der Waals surface area contributed by atoms with Gasteiger partial charge in [0.25, 0.3) is 0 Å². The highest BCUT2D eigenvalue weighted by Crippen LogP contribution is 2.19. The van der Waals surface area contributed by atoms with Crippen molar-refractivity contribution in [2.45, 2.75) is 69.9 Å². The molecule has 0 radical (unpaired) electrons. The maximum atomic E-state index is 12.7. The molecular formula is C23H35N3O7S. The van der Waals surface area contributed by atoms with Crippen molar-refractivity contribution in [3.63, 3.8) is 0 Å². The summed E-state index contributed by atoms with van der Waals surface area (Å²) in [6.45, 7) is 6.31. The van der Waals surface area contributed by atoms with Crippen LogP contribution in [0, 0.1) is 0 Å². The van der Waals surface area contributed by atoms with Crippen molar-refractivity contribution in [3.8, 4) is 0 Å². The molecule has 190 valence electrons. The van der Waals surface area contributed by atoms with E-state index < -0.39 is 27.6 Å². The molecular weight excluding hydrogens is 462 g/mol. The lowest BCUT2D eigenvalue weighted by atomic mass is 10.0. The number of nitrogens with zero attached hydrogens (tertiary/aromatic N) is 2. The van der Waals surface area contributed by atoms with Crippen LogP contribution >= 0.6 is 0 Å². The molecule has 1 aromatic rings. The van der Waals surface area contributed by atoms with E-state index in [2.05, 4.69) is 4.72 Å². The number of benzene rings is 1. The largest absolute Gasteiger partial charge is 0.480 e. The number of rotatable bonds is 9. The third kappa shape index (κ3) is 8.94. The molecule has 0 aromatic heterocycles. The Morgan fingerprint density at radius 2 is 1.76 bits per heavy atom. The fraction of sp³-hybridized carbons (Fsp3) is 0.609. The molecule has 0 unspecified atom stereocenters. The average molecular weight is 498 g/mol. The van der Waals surface area contributed by atoms with Gasteiger partial charge in [0.1, 0.15) is 11.6 Å². The fourth-order valence-corrected chi connectivity index (χ4v) is 5.06. The van der Waals surface area contributed by atoms with E-state index in [-0.39, 0.29) is 36.6 Å². The Balaban J connectivity index is 1.85. The van der Waals surface area contributed by atoms with Gasteiger partial charge in [-0.3, -0.25) is 9.59 Å². The molecule has 0 saturated carbocycles. The summed E-state index contributed by atoms with van der Waals surface area (Å²) < 4.78 is 32.4. The average Bonchev–Trinajstić information content (AvgIpc) is 2.75. The van der Waals surface area contributed by atoms with Crippen LogP contribution in [0.25, 0.3) is 0 Å². The molecule has 1 fully saturated rings. The van der Waals surface area contributed by atoms with Crippen molar-refractivity contribution in [1.82, 2.24) is 14.5 Å². The Kier molecular flexibility index (Phi) is 9.45. The lowest BCUT2D eigenvalue weighted by molar-refractivity contribution is -0.139. The summed E-state index contributed by atoms with van der Waals surface area (Å²) in [5.74, 6) is -1.95. The molecule has 2 amide bonds. The van der Waals surface area contributed by atoms with Gasteiger partial charge >= 0.3 is 12.1 Å². The Hall–Kier alpha value is -2.66. The summed E-state index contributed by atoms with van der Waals surface area (Å²) in [6, 6.07) is 6.94. The zero-order valence-corrected chi connectivity index (χ0v) is 21.0. The fourth-order valence-electron chi connectivity index (χ4n) is 3.69. The van der Waals surface area contributed by atoms with Crippen LogP contribution in [0.1, 0.15) is 52.0 Å². The predicted molar refractivity (Wildman–Crippen MR) is 126 cm³/mol. The van der Waals surface area contributed by atoms with Gasteiger partial charge in [-0.1, -0.05) is 30.3 Å². The minimum atomic E-state index is -3.90. The summed E-state index contributed by atoms with van der Waals surface area (Å²) in [7, 11) is -2.26. The van der Waals surface area contributed by atoms with Crippen LogP contribution in [0.15, 0.2) is 30.3 Å². The molecule has 1 heterocycles. The van der Waals surface area contributed by atoms with Crippen LogP contribution < -0.4 is 4.72 Å². The molecule has 11 heteroatoms. The second-order valence-corrected chi connectivity index (χ2v) is 11.2. The first-order chi connectivity index (χ1) is 15.8. The standard InChI is InChI=1S/C23H35N3O7S/c1-23(2,3)33-22(30)26-14-12-18(13-15-26)25(4)20(27)11-10-19(21(28)29)24-34(31,32)16-17-8-6-5-7-9-17/h5-9,18-19,24H,10-16H2,1-4H3,(H,28,29)/t19-/m1/s1. The van der Waals surface area contributed by atoms with Gasteiger partial charge in [0.05, 0.1) is 5.75 Å². The van der Waals surface area contributed by atoms with Gasteiger partial charge < -0.3 is 19.6 Å².